The lowest BCUT2D eigenvalue weighted by Gasteiger charge is -2.20. The molecule has 1 unspecified atom stereocenters. The van der Waals surface area contributed by atoms with Gasteiger partial charge in [-0.25, -0.2) is 0 Å². The summed E-state index contributed by atoms with van der Waals surface area (Å²) in [6, 6.07) is 0. The molecule has 2 aliphatic rings. The molecule has 1 N–H and O–H groups in total. The minimum atomic E-state index is 0.183. The van der Waals surface area contributed by atoms with Crippen LogP contribution >= 0.6 is 0 Å². The van der Waals surface area contributed by atoms with Crippen LogP contribution in [0.2, 0.25) is 0 Å². The largest absolute Gasteiger partial charge is 0.512 e. The Bertz CT molecular complexity index is 261. The number of Topliss-reactive ketones (excluding diaryl/α,β-unsaturated/α-hetero) is 1. The summed E-state index contributed by atoms with van der Waals surface area (Å²) >= 11 is 0. The van der Waals surface area contributed by atoms with Crippen LogP contribution in [0.25, 0.3) is 0 Å². The lowest BCUT2D eigenvalue weighted by molar-refractivity contribution is -0.117. The van der Waals surface area contributed by atoms with Gasteiger partial charge in [-0.3, -0.25) is 4.79 Å². The van der Waals surface area contributed by atoms with Crippen LogP contribution in [0.3, 0.4) is 0 Å². The van der Waals surface area contributed by atoms with E-state index in [0.29, 0.717) is 24.0 Å². The zero-order chi connectivity index (χ0) is 9.42. The highest BCUT2D eigenvalue weighted by Crippen LogP contribution is 2.39. The van der Waals surface area contributed by atoms with E-state index in [2.05, 4.69) is 6.92 Å². The molecule has 0 radical (unpaired) electrons. The molecule has 0 bridgehead atoms. The zero-order valence-electron chi connectivity index (χ0n) is 8.05. The molecule has 13 heavy (non-hydrogen) atoms. The van der Waals surface area contributed by atoms with Gasteiger partial charge in [-0.15, -0.1) is 0 Å². The first-order valence-corrected chi connectivity index (χ1v) is 5.13. The molecule has 0 aromatic rings. The summed E-state index contributed by atoms with van der Waals surface area (Å²) in [4.78, 5) is 11.5. The Morgan fingerprint density at radius 1 is 1.38 bits per heavy atom. The van der Waals surface area contributed by atoms with Crippen LogP contribution in [0.5, 0.6) is 0 Å². The van der Waals surface area contributed by atoms with E-state index in [-0.39, 0.29) is 5.78 Å². The lowest BCUT2D eigenvalue weighted by atomic mass is 9.84. The number of allylic oxidation sites excluding steroid dienone is 2. The van der Waals surface area contributed by atoms with Crippen LogP contribution in [-0.4, -0.2) is 10.9 Å². The smallest absolute Gasteiger partial charge is 0.162 e. The molecular weight excluding hydrogens is 164 g/mol. The van der Waals surface area contributed by atoms with Crippen LogP contribution in [0, 0.1) is 11.8 Å². The van der Waals surface area contributed by atoms with Crippen LogP contribution in [0.4, 0.5) is 0 Å². The fraction of sp³-hybridized carbons (Fsp3) is 0.727. The third kappa shape index (κ3) is 1.77. The molecular formula is C11H16O2. The van der Waals surface area contributed by atoms with E-state index in [1.54, 1.807) is 0 Å². The Labute approximate surface area is 78.6 Å². The van der Waals surface area contributed by atoms with Gasteiger partial charge in [0.1, 0.15) is 5.76 Å². The topological polar surface area (TPSA) is 37.3 Å². The van der Waals surface area contributed by atoms with E-state index in [4.69, 9.17) is 0 Å². The quantitative estimate of drug-likeness (QED) is 0.497. The molecule has 2 aliphatic carbocycles. The van der Waals surface area contributed by atoms with Gasteiger partial charge in [0, 0.05) is 17.9 Å². The van der Waals surface area contributed by atoms with Crippen molar-refractivity contribution >= 4 is 5.78 Å². The van der Waals surface area contributed by atoms with Gasteiger partial charge in [-0.05, 0) is 31.6 Å². The van der Waals surface area contributed by atoms with Crippen molar-refractivity contribution in [2.24, 2.45) is 11.8 Å². The van der Waals surface area contributed by atoms with Crippen molar-refractivity contribution in [1.29, 1.82) is 0 Å². The number of hydrogen-bond donors (Lipinski definition) is 1. The van der Waals surface area contributed by atoms with Gasteiger partial charge in [-0.2, -0.15) is 0 Å². The Kier molecular flexibility index (Phi) is 2.14. The Morgan fingerprint density at radius 3 is 2.69 bits per heavy atom. The molecule has 0 aromatic heterocycles. The molecule has 0 heterocycles. The van der Waals surface area contributed by atoms with Crippen LogP contribution in [0.15, 0.2) is 11.3 Å². The van der Waals surface area contributed by atoms with E-state index in [1.165, 1.54) is 0 Å². The number of rotatable bonds is 1. The Morgan fingerprint density at radius 2 is 2.08 bits per heavy atom. The minimum Gasteiger partial charge on any atom is -0.512 e. The maximum atomic E-state index is 11.5. The second-order valence-corrected chi connectivity index (χ2v) is 4.41. The standard InChI is InChI=1S/C11H16O2/c1-7-2-5-10(12)9(6-7)11(13)8-3-4-8/h7-8,13H,2-6H2,1H3. The molecule has 0 amide bonds. The van der Waals surface area contributed by atoms with Crippen molar-refractivity contribution in [3.8, 4) is 0 Å². The SMILES string of the molecule is CC1CCC(=O)C(=C(O)C2CC2)C1. The number of ketones is 1. The summed E-state index contributed by atoms with van der Waals surface area (Å²) in [5, 5.41) is 9.76. The van der Waals surface area contributed by atoms with Gasteiger partial charge in [-0.1, -0.05) is 6.92 Å². The van der Waals surface area contributed by atoms with Gasteiger partial charge in [0.15, 0.2) is 5.78 Å². The van der Waals surface area contributed by atoms with E-state index >= 15 is 0 Å². The highest BCUT2D eigenvalue weighted by Gasteiger charge is 2.32. The fourth-order valence-electron chi connectivity index (χ4n) is 1.94. The first-order chi connectivity index (χ1) is 6.18. The van der Waals surface area contributed by atoms with Gasteiger partial charge in [0.05, 0.1) is 0 Å². The molecule has 72 valence electrons. The van der Waals surface area contributed by atoms with Crippen molar-refractivity contribution in [3.05, 3.63) is 11.3 Å². The van der Waals surface area contributed by atoms with E-state index in [1.807, 2.05) is 0 Å². The molecule has 0 saturated heterocycles. The summed E-state index contributed by atoms with van der Waals surface area (Å²) in [5.41, 5.74) is 0.737. The minimum absolute atomic E-state index is 0.183. The first kappa shape index (κ1) is 8.79. The van der Waals surface area contributed by atoms with Gasteiger partial charge in [0.2, 0.25) is 0 Å². The molecule has 2 saturated carbocycles. The van der Waals surface area contributed by atoms with Crippen molar-refractivity contribution in [2.45, 2.75) is 39.0 Å². The molecule has 2 nitrogen and oxygen atoms in total. The predicted molar refractivity (Wildman–Crippen MR) is 50.4 cm³/mol. The maximum absolute atomic E-state index is 11.5. The van der Waals surface area contributed by atoms with Crippen LogP contribution < -0.4 is 0 Å². The Balaban J connectivity index is 2.18. The molecule has 2 fully saturated rings. The molecule has 2 heteroatoms. The highest BCUT2D eigenvalue weighted by atomic mass is 16.3. The van der Waals surface area contributed by atoms with E-state index in [9.17, 15) is 9.90 Å². The summed E-state index contributed by atoms with van der Waals surface area (Å²) < 4.78 is 0. The average Bonchev–Trinajstić information content (AvgIpc) is 2.91. The van der Waals surface area contributed by atoms with Crippen molar-refractivity contribution in [3.63, 3.8) is 0 Å². The van der Waals surface area contributed by atoms with Crippen LogP contribution in [-0.2, 0) is 4.79 Å². The van der Waals surface area contributed by atoms with Gasteiger partial charge in [0.25, 0.3) is 0 Å². The summed E-state index contributed by atoms with van der Waals surface area (Å²) in [6.45, 7) is 2.15. The lowest BCUT2D eigenvalue weighted by Crippen LogP contribution is -2.17. The summed E-state index contributed by atoms with van der Waals surface area (Å²) in [6.07, 6.45) is 4.54. The second-order valence-electron chi connectivity index (χ2n) is 4.41. The van der Waals surface area contributed by atoms with Gasteiger partial charge < -0.3 is 5.11 Å². The molecule has 2 rings (SSSR count). The van der Waals surface area contributed by atoms with Crippen molar-refractivity contribution in [2.75, 3.05) is 0 Å². The molecule has 0 spiro atoms. The van der Waals surface area contributed by atoms with E-state index in [0.717, 1.165) is 31.3 Å². The third-order valence-corrected chi connectivity index (χ3v) is 3.03. The molecule has 1 atom stereocenters. The summed E-state index contributed by atoms with van der Waals surface area (Å²) in [7, 11) is 0. The third-order valence-electron chi connectivity index (χ3n) is 3.03. The highest BCUT2D eigenvalue weighted by molar-refractivity contribution is 5.96. The second kappa shape index (κ2) is 3.17. The number of aliphatic hydroxyl groups is 1. The van der Waals surface area contributed by atoms with E-state index < -0.39 is 0 Å². The monoisotopic (exact) mass is 180 g/mol. The molecule has 0 aliphatic heterocycles. The van der Waals surface area contributed by atoms with Gasteiger partial charge >= 0.3 is 0 Å². The summed E-state index contributed by atoms with van der Waals surface area (Å²) in [5.74, 6) is 1.48. The molecule has 0 aromatic carbocycles. The Hall–Kier alpha value is -0.790. The average molecular weight is 180 g/mol. The van der Waals surface area contributed by atoms with Crippen molar-refractivity contribution < 1.29 is 9.90 Å². The fourth-order valence-corrected chi connectivity index (χ4v) is 1.94. The van der Waals surface area contributed by atoms with Crippen LogP contribution in [0.1, 0.15) is 39.0 Å². The number of carbonyl (C=O) groups is 1. The maximum Gasteiger partial charge on any atom is 0.162 e. The number of carbonyl (C=O) groups excluding carboxylic acids is 1. The number of hydrogen-bond acceptors (Lipinski definition) is 2. The van der Waals surface area contributed by atoms with Crippen molar-refractivity contribution in [1.82, 2.24) is 0 Å². The zero-order valence-corrected chi connectivity index (χ0v) is 8.05. The predicted octanol–water partition coefficient (Wildman–Crippen LogP) is 2.60. The number of aliphatic hydroxyl groups excluding tert-OH is 1. The first-order valence-electron chi connectivity index (χ1n) is 5.13. The normalized spacial score (nSPS) is 33.3.